The topological polar surface area (TPSA) is 72.9 Å². The summed E-state index contributed by atoms with van der Waals surface area (Å²) in [6.45, 7) is 6.92. The zero-order valence-corrected chi connectivity index (χ0v) is 16.5. The number of carbonyl (C=O) groups is 1. The lowest BCUT2D eigenvalue weighted by atomic mass is 10.1. The molecule has 2 aromatic rings. The van der Waals surface area contributed by atoms with Gasteiger partial charge < -0.3 is 9.47 Å². The quantitative estimate of drug-likeness (QED) is 0.594. The lowest BCUT2D eigenvalue weighted by molar-refractivity contribution is 0.0726. The highest BCUT2D eigenvalue weighted by Gasteiger charge is 2.27. The van der Waals surface area contributed by atoms with Crippen LogP contribution in [0.3, 0.4) is 0 Å². The molecule has 0 amide bonds. The molecule has 1 aliphatic rings. The van der Waals surface area contributed by atoms with Gasteiger partial charge in [0.05, 0.1) is 23.7 Å². The van der Waals surface area contributed by atoms with E-state index in [1.54, 1.807) is 19.1 Å². The zero-order chi connectivity index (χ0) is 19.6. The number of sulfonamides is 1. The molecule has 0 spiro atoms. The van der Waals surface area contributed by atoms with E-state index in [9.17, 15) is 13.2 Å². The number of aryl methyl sites for hydroxylation is 3. The van der Waals surface area contributed by atoms with E-state index in [-0.39, 0.29) is 10.5 Å². The van der Waals surface area contributed by atoms with Gasteiger partial charge in [-0.15, -0.1) is 0 Å². The Labute approximate surface area is 159 Å². The molecule has 0 unspecified atom stereocenters. The number of hydrogen-bond donors (Lipinski definition) is 0. The van der Waals surface area contributed by atoms with Gasteiger partial charge in [-0.05, 0) is 50.1 Å². The van der Waals surface area contributed by atoms with Crippen LogP contribution in [0, 0.1) is 20.8 Å². The van der Waals surface area contributed by atoms with Gasteiger partial charge in [0, 0.05) is 13.1 Å². The summed E-state index contributed by atoms with van der Waals surface area (Å²) in [6, 6.07) is 10.1. The van der Waals surface area contributed by atoms with Crippen molar-refractivity contribution in [3.05, 3.63) is 58.7 Å². The maximum absolute atomic E-state index is 12.8. The van der Waals surface area contributed by atoms with Gasteiger partial charge in [0.2, 0.25) is 10.0 Å². The molecule has 0 saturated carbocycles. The van der Waals surface area contributed by atoms with E-state index in [2.05, 4.69) is 0 Å². The number of esters is 1. The SMILES string of the molecule is Cc1ccc(OC(=O)c2cc(S(=O)(=O)N3CCOCC3)ccc2C)c(C)c1. The highest BCUT2D eigenvalue weighted by molar-refractivity contribution is 7.89. The van der Waals surface area contributed by atoms with Crippen LogP contribution in [0.5, 0.6) is 5.75 Å². The third kappa shape index (κ3) is 4.21. The second-order valence-corrected chi connectivity index (χ2v) is 8.59. The minimum absolute atomic E-state index is 0.0857. The molecule has 7 heteroatoms. The van der Waals surface area contributed by atoms with Gasteiger partial charge in [-0.1, -0.05) is 23.8 Å². The summed E-state index contributed by atoms with van der Waals surface area (Å²) in [5.41, 5.74) is 2.81. The highest BCUT2D eigenvalue weighted by Crippen LogP contribution is 2.24. The predicted octanol–water partition coefficient (Wildman–Crippen LogP) is 2.85. The highest BCUT2D eigenvalue weighted by atomic mass is 32.2. The Morgan fingerprint density at radius 1 is 1.00 bits per heavy atom. The van der Waals surface area contributed by atoms with Crippen LogP contribution < -0.4 is 4.74 Å². The molecular weight excluding hydrogens is 366 g/mol. The molecule has 27 heavy (non-hydrogen) atoms. The third-order valence-electron chi connectivity index (χ3n) is 4.57. The van der Waals surface area contributed by atoms with Crippen LogP contribution in [-0.2, 0) is 14.8 Å². The first-order valence-corrected chi connectivity index (χ1v) is 10.2. The van der Waals surface area contributed by atoms with Gasteiger partial charge in [-0.2, -0.15) is 4.31 Å². The molecule has 1 saturated heterocycles. The van der Waals surface area contributed by atoms with Crippen LogP contribution >= 0.6 is 0 Å². The van der Waals surface area contributed by atoms with Gasteiger partial charge in [0.25, 0.3) is 0 Å². The fourth-order valence-electron chi connectivity index (χ4n) is 2.99. The van der Waals surface area contributed by atoms with E-state index in [4.69, 9.17) is 9.47 Å². The maximum atomic E-state index is 12.8. The van der Waals surface area contributed by atoms with E-state index in [1.807, 2.05) is 26.0 Å². The van der Waals surface area contributed by atoms with Crippen molar-refractivity contribution in [2.45, 2.75) is 25.7 Å². The van der Waals surface area contributed by atoms with Crippen molar-refractivity contribution in [1.29, 1.82) is 0 Å². The van der Waals surface area contributed by atoms with Crippen LogP contribution in [0.4, 0.5) is 0 Å². The molecule has 0 N–H and O–H groups in total. The Morgan fingerprint density at radius 3 is 2.37 bits per heavy atom. The van der Waals surface area contributed by atoms with Crippen molar-refractivity contribution in [3.8, 4) is 5.75 Å². The molecule has 1 heterocycles. The Bertz CT molecular complexity index is 962. The van der Waals surface area contributed by atoms with Gasteiger partial charge in [0.15, 0.2) is 0 Å². The second kappa shape index (κ2) is 7.80. The standard InChI is InChI=1S/C20H23NO5S/c1-14-4-7-19(16(3)12-14)26-20(22)18-13-17(6-5-15(18)2)27(23,24)21-8-10-25-11-9-21/h4-7,12-13H,8-11H2,1-3H3. The number of morpholine rings is 1. The van der Waals surface area contributed by atoms with Crippen molar-refractivity contribution in [3.63, 3.8) is 0 Å². The van der Waals surface area contributed by atoms with Crippen molar-refractivity contribution in [1.82, 2.24) is 4.31 Å². The Hall–Kier alpha value is -2.22. The van der Waals surface area contributed by atoms with Crippen molar-refractivity contribution < 1.29 is 22.7 Å². The predicted molar refractivity (Wildman–Crippen MR) is 102 cm³/mol. The van der Waals surface area contributed by atoms with Gasteiger partial charge in [-0.3, -0.25) is 0 Å². The van der Waals surface area contributed by atoms with Crippen molar-refractivity contribution >= 4 is 16.0 Å². The Balaban J connectivity index is 1.89. The van der Waals surface area contributed by atoms with Crippen LogP contribution in [0.15, 0.2) is 41.3 Å². The number of rotatable bonds is 4. The minimum Gasteiger partial charge on any atom is -0.423 e. The first kappa shape index (κ1) is 19.5. The molecule has 0 radical (unpaired) electrons. The second-order valence-electron chi connectivity index (χ2n) is 6.65. The number of nitrogens with zero attached hydrogens (tertiary/aromatic N) is 1. The Kier molecular flexibility index (Phi) is 5.64. The Morgan fingerprint density at radius 2 is 1.70 bits per heavy atom. The summed E-state index contributed by atoms with van der Waals surface area (Å²) in [6.07, 6.45) is 0. The normalized spacial score (nSPS) is 15.5. The smallest absolute Gasteiger partial charge is 0.343 e. The molecule has 144 valence electrons. The van der Waals surface area contributed by atoms with Crippen LogP contribution in [0.2, 0.25) is 0 Å². The van der Waals surface area contributed by atoms with E-state index in [1.165, 1.54) is 16.4 Å². The van der Waals surface area contributed by atoms with Crippen LogP contribution in [0.25, 0.3) is 0 Å². The molecule has 3 rings (SSSR count). The third-order valence-corrected chi connectivity index (χ3v) is 6.46. The van der Waals surface area contributed by atoms with Gasteiger partial charge in [-0.25, -0.2) is 13.2 Å². The van der Waals surface area contributed by atoms with Crippen LogP contribution in [0.1, 0.15) is 27.0 Å². The fraction of sp³-hybridized carbons (Fsp3) is 0.350. The summed E-state index contributed by atoms with van der Waals surface area (Å²) < 4.78 is 37.8. The van der Waals surface area contributed by atoms with Crippen molar-refractivity contribution in [2.75, 3.05) is 26.3 Å². The largest absolute Gasteiger partial charge is 0.423 e. The molecule has 0 aliphatic carbocycles. The number of benzene rings is 2. The van der Waals surface area contributed by atoms with E-state index >= 15 is 0 Å². The zero-order valence-electron chi connectivity index (χ0n) is 15.7. The monoisotopic (exact) mass is 389 g/mol. The van der Waals surface area contributed by atoms with Crippen LogP contribution in [-0.4, -0.2) is 45.0 Å². The van der Waals surface area contributed by atoms with E-state index < -0.39 is 16.0 Å². The number of ether oxygens (including phenoxy) is 2. The lowest BCUT2D eigenvalue weighted by Gasteiger charge is -2.26. The molecule has 6 nitrogen and oxygen atoms in total. The fourth-order valence-corrected chi connectivity index (χ4v) is 4.42. The summed E-state index contributed by atoms with van der Waals surface area (Å²) >= 11 is 0. The molecule has 0 aromatic heterocycles. The summed E-state index contributed by atoms with van der Waals surface area (Å²) in [4.78, 5) is 12.8. The van der Waals surface area contributed by atoms with E-state index in [0.717, 1.165) is 11.1 Å². The number of carbonyl (C=O) groups excluding carboxylic acids is 1. The van der Waals surface area contributed by atoms with Gasteiger partial charge >= 0.3 is 5.97 Å². The first-order chi connectivity index (χ1) is 12.8. The average molecular weight is 389 g/mol. The maximum Gasteiger partial charge on any atom is 0.343 e. The lowest BCUT2D eigenvalue weighted by Crippen LogP contribution is -2.40. The average Bonchev–Trinajstić information content (AvgIpc) is 2.65. The molecule has 2 aromatic carbocycles. The minimum atomic E-state index is -3.68. The molecule has 1 fully saturated rings. The summed E-state index contributed by atoms with van der Waals surface area (Å²) in [5.74, 6) is -0.107. The van der Waals surface area contributed by atoms with E-state index in [0.29, 0.717) is 37.6 Å². The van der Waals surface area contributed by atoms with Crippen molar-refractivity contribution in [2.24, 2.45) is 0 Å². The summed E-state index contributed by atoms with van der Waals surface area (Å²) in [7, 11) is -3.68. The summed E-state index contributed by atoms with van der Waals surface area (Å²) in [5, 5.41) is 0. The molecular formula is C20H23NO5S. The first-order valence-electron chi connectivity index (χ1n) is 8.77. The molecule has 0 bridgehead atoms. The molecule has 0 atom stereocenters. The van der Waals surface area contributed by atoms with Gasteiger partial charge in [0.1, 0.15) is 5.75 Å². The number of hydrogen-bond acceptors (Lipinski definition) is 5. The molecule has 1 aliphatic heterocycles.